The molecular weight excluding hydrogens is 228 g/mol. The lowest BCUT2D eigenvalue weighted by atomic mass is 10.1. The monoisotopic (exact) mass is 242 g/mol. The summed E-state index contributed by atoms with van der Waals surface area (Å²) >= 11 is 7.63. The van der Waals surface area contributed by atoms with Gasteiger partial charge in [-0.05, 0) is 36.6 Å². The first-order valence-corrected chi connectivity index (χ1v) is 6.94. The van der Waals surface area contributed by atoms with E-state index >= 15 is 0 Å². The largest absolute Gasteiger partial charge is 0.155 e. The molecule has 15 heavy (non-hydrogen) atoms. The molecular formula is C11H15ClN2S. The predicted octanol–water partition coefficient (Wildman–Crippen LogP) is 3.55. The van der Waals surface area contributed by atoms with Crippen LogP contribution in [0.25, 0.3) is 0 Å². The summed E-state index contributed by atoms with van der Waals surface area (Å²) in [6.07, 6.45) is 5.68. The number of hydrogen-bond acceptors (Lipinski definition) is 3. The van der Waals surface area contributed by atoms with Crippen LogP contribution in [-0.2, 0) is 5.75 Å². The minimum atomic E-state index is 0.472. The lowest BCUT2D eigenvalue weighted by Crippen LogP contribution is -1.98. The van der Waals surface area contributed by atoms with Gasteiger partial charge in [-0.25, -0.2) is 0 Å². The molecule has 1 aromatic heterocycles. The maximum Gasteiger partial charge on any atom is 0.151 e. The number of aromatic nitrogens is 2. The van der Waals surface area contributed by atoms with Crippen molar-refractivity contribution in [2.45, 2.75) is 31.4 Å². The van der Waals surface area contributed by atoms with E-state index < -0.39 is 0 Å². The summed E-state index contributed by atoms with van der Waals surface area (Å²) in [5, 5.41) is 8.34. The maximum absolute atomic E-state index is 5.67. The standard InChI is InChI=1S/C11H15ClN2S/c12-11-6-5-10(13-14-11)8-15-7-9-3-1-2-4-9/h5-6,9H,1-4,7-8H2. The summed E-state index contributed by atoms with van der Waals surface area (Å²) in [7, 11) is 0. The number of thioether (sulfide) groups is 1. The van der Waals surface area contributed by atoms with Gasteiger partial charge in [-0.15, -0.1) is 5.10 Å². The molecule has 0 unspecified atom stereocenters. The van der Waals surface area contributed by atoms with Gasteiger partial charge < -0.3 is 0 Å². The van der Waals surface area contributed by atoms with E-state index in [9.17, 15) is 0 Å². The Hall–Kier alpha value is -0.280. The summed E-state index contributed by atoms with van der Waals surface area (Å²) in [6.45, 7) is 0. The Labute approximate surface area is 99.8 Å². The van der Waals surface area contributed by atoms with Gasteiger partial charge in [-0.1, -0.05) is 24.4 Å². The number of halogens is 1. The zero-order valence-electron chi connectivity index (χ0n) is 8.66. The minimum Gasteiger partial charge on any atom is -0.155 e. The van der Waals surface area contributed by atoms with Crippen LogP contribution in [0.4, 0.5) is 0 Å². The Kier molecular flexibility index (Phi) is 4.27. The van der Waals surface area contributed by atoms with Gasteiger partial charge in [0, 0.05) is 5.75 Å². The molecule has 0 aliphatic heterocycles. The molecule has 1 aliphatic rings. The predicted molar refractivity (Wildman–Crippen MR) is 65.2 cm³/mol. The summed E-state index contributed by atoms with van der Waals surface area (Å²) < 4.78 is 0. The van der Waals surface area contributed by atoms with E-state index in [1.165, 1.54) is 31.4 Å². The molecule has 0 N–H and O–H groups in total. The lowest BCUT2D eigenvalue weighted by molar-refractivity contribution is 0.623. The van der Waals surface area contributed by atoms with Crippen LogP contribution < -0.4 is 0 Å². The van der Waals surface area contributed by atoms with Crippen molar-refractivity contribution in [1.29, 1.82) is 0 Å². The van der Waals surface area contributed by atoms with Crippen molar-refractivity contribution < 1.29 is 0 Å². The normalized spacial score (nSPS) is 17.1. The van der Waals surface area contributed by atoms with Gasteiger partial charge in [0.1, 0.15) is 0 Å². The summed E-state index contributed by atoms with van der Waals surface area (Å²) in [5.41, 5.74) is 1.03. The molecule has 82 valence electrons. The molecule has 1 aliphatic carbocycles. The summed E-state index contributed by atoms with van der Waals surface area (Å²) in [4.78, 5) is 0. The number of rotatable bonds is 4. The van der Waals surface area contributed by atoms with E-state index in [0.29, 0.717) is 5.15 Å². The number of nitrogens with zero attached hydrogens (tertiary/aromatic N) is 2. The Morgan fingerprint density at radius 1 is 1.27 bits per heavy atom. The second-order valence-corrected chi connectivity index (χ2v) is 5.43. The van der Waals surface area contributed by atoms with E-state index in [2.05, 4.69) is 10.2 Å². The average molecular weight is 243 g/mol. The van der Waals surface area contributed by atoms with Crippen molar-refractivity contribution in [1.82, 2.24) is 10.2 Å². The van der Waals surface area contributed by atoms with Crippen LogP contribution in [0.1, 0.15) is 31.4 Å². The third kappa shape index (κ3) is 3.65. The van der Waals surface area contributed by atoms with Crippen molar-refractivity contribution >= 4 is 23.4 Å². The third-order valence-corrected chi connectivity index (χ3v) is 4.17. The SMILES string of the molecule is Clc1ccc(CSCC2CCCC2)nn1. The molecule has 0 radical (unpaired) electrons. The van der Waals surface area contributed by atoms with Gasteiger partial charge in [-0.2, -0.15) is 16.9 Å². The van der Waals surface area contributed by atoms with E-state index in [-0.39, 0.29) is 0 Å². The molecule has 0 amide bonds. The zero-order chi connectivity index (χ0) is 10.5. The molecule has 0 spiro atoms. The molecule has 1 saturated carbocycles. The van der Waals surface area contributed by atoms with Crippen LogP contribution in [0.3, 0.4) is 0 Å². The molecule has 0 saturated heterocycles. The van der Waals surface area contributed by atoms with E-state index in [4.69, 9.17) is 11.6 Å². The van der Waals surface area contributed by atoms with Crippen LogP contribution in [-0.4, -0.2) is 16.0 Å². The Morgan fingerprint density at radius 2 is 2.07 bits per heavy atom. The highest BCUT2D eigenvalue weighted by molar-refractivity contribution is 7.98. The fourth-order valence-electron chi connectivity index (χ4n) is 1.93. The zero-order valence-corrected chi connectivity index (χ0v) is 10.2. The fourth-order valence-corrected chi connectivity index (χ4v) is 3.18. The molecule has 0 bridgehead atoms. The second kappa shape index (κ2) is 5.71. The van der Waals surface area contributed by atoms with Gasteiger partial charge >= 0.3 is 0 Å². The minimum absolute atomic E-state index is 0.472. The summed E-state index contributed by atoms with van der Waals surface area (Å²) in [6, 6.07) is 3.76. The first kappa shape index (κ1) is 11.2. The topological polar surface area (TPSA) is 25.8 Å². The molecule has 1 heterocycles. The molecule has 1 aromatic rings. The van der Waals surface area contributed by atoms with Crippen LogP contribution in [0.2, 0.25) is 5.15 Å². The van der Waals surface area contributed by atoms with E-state index in [1.807, 2.05) is 17.8 Å². The Balaban J connectivity index is 1.71. The van der Waals surface area contributed by atoms with Crippen molar-refractivity contribution in [3.8, 4) is 0 Å². The van der Waals surface area contributed by atoms with Gasteiger partial charge in [0.25, 0.3) is 0 Å². The van der Waals surface area contributed by atoms with Crippen molar-refractivity contribution in [3.63, 3.8) is 0 Å². The van der Waals surface area contributed by atoms with Gasteiger partial charge in [0.2, 0.25) is 0 Å². The molecule has 2 nitrogen and oxygen atoms in total. The molecule has 0 atom stereocenters. The van der Waals surface area contributed by atoms with Gasteiger partial charge in [0.15, 0.2) is 5.15 Å². The first-order chi connectivity index (χ1) is 7.34. The molecule has 1 fully saturated rings. The van der Waals surface area contributed by atoms with Crippen molar-refractivity contribution in [2.75, 3.05) is 5.75 Å². The third-order valence-electron chi connectivity index (χ3n) is 2.77. The quantitative estimate of drug-likeness (QED) is 0.808. The molecule has 0 aromatic carbocycles. The highest BCUT2D eigenvalue weighted by Gasteiger charge is 2.14. The second-order valence-electron chi connectivity index (χ2n) is 4.01. The van der Waals surface area contributed by atoms with E-state index in [1.54, 1.807) is 6.07 Å². The first-order valence-electron chi connectivity index (χ1n) is 5.40. The Bertz CT molecular complexity index is 296. The maximum atomic E-state index is 5.67. The van der Waals surface area contributed by atoms with E-state index in [0.717, 1.165) is 17.4 Å². The van der Waals surface area contributed by atoms with Crippen LogP contribution in [0.5, 0.6) is 0 Å². The van der Waals surface area contributed by atoms with Crippen LogP contribution in [0, 0.1) is 5.92 Å². The van der Waals surface area contributed by atoms with Crippen LogP contribution >= 0.6 is 23.4 Å². The average Bonchev–Trinajstić information content (AvgIpc) is 2.74. The Morgan fingerprint density at radius 3 is 2.73 bits per heavy atom. The van der Waals surface area contributed by atoms with Gasteiger partial charge in [-0.3, -0.25) is 0 Å². The molecule has 2 rings (SSSR count). The molecule has 4 heteroatoms. The van der Waals surface area contributed by atoms with Crippen molar-refractivity contribution in [2.24, 2.45) is 5.92 Å². The number of hydrogen-bond donors (Lipinski definition) is 0. The summed E-state index contributed by atoms with van der Waals surface area (Å²) in [5.74, 6) is 3.17. The fraction of sp³-hybridized carbons (Fsp3) is 0.636. The highest BCUT2D eigenvalue weighted by Crippen LogP contribution is 2.28. The lowest BCUT2D eigenvalue weighted by Gasteiger charge is -2.07. The van der Waals surface area contributed by atoms with Crippen molar-refractivity contribution in [3.05, 3.63) is 23.0 Å². The smallest absolute Gasteiger partial charge is 0.151 e. The highest BCUT2D eigenvalue weighted by atomic mass is 35.5. The van der Waals surface area contributed by atoms with Crippen LogP contribution in [0.15, 0.2) is 12.1 Å². The van der Waals surface area contributed by atoms with Gasteiger partial charge in [0.05, 0.1) is 5.69 Å².